The third-order valence-corrected chi connectivity index (χ3v) is 5.39. The molecule has 3 rings (SSSR count). The summed E-state index contributed by atoms with van der Waals surface area (Å²) < 4.78 is 1.43. The molecule has 130 valence electrons. The first-order valence-electron chi connectivity index (χ1n) is 8.36. The molecule has 0 spiro atoms. The summed E-state index contributed by atoms with van der Waals surface area (Å²) in [6.07, 6.45) is 1.42. The molecule has 0 aliphatic heterocycles. The monoisotopic (exact) mass is 355 g/mol. The molecule has 5 nitrogen and oxygen atoms in total. The van der Waals surface area contributed by atoms with Crippen LogP contribution < -0.4 is 11.3 Å². The molecule has 0 saturated carbocycles. The lowest BCUT2D eigenvalue weighted by atomic mass is 10.0. The van der Waals surface area contributed by atoms with E-state index in [2.05, 4.69) is 24.0 Å². The number of aromatic nitrogens is 2. The van der Waals surface area contributed by atoms with Crippen molar-refractivity contribution in [1.82, 2.24) is 9.55 Å². The molecule has 2 heterocycles. The van der Waals surface area contributed by atoms with Gasteiger partial charge in [0.05, 0.1) is 5.39 Å². The Morgan fingerprint density at radius 1 is 1.28 bits per heavy atom. The van der Waals surface area contributed by atoms with E-state index >= 15 is 0 Å². The van der Waals surface area contributed by atoms with Crippen molar-refractivity contribution < 1.29 is 4.79 Å². The van der Waals surface area contributed by atoms with Gasteiger partial charge in [0, 0.05) is 10.9 Å². The smallest absolute Gasteiger partial charge is 0.263 e. The number of nitrogens with two attached hydrogens (primary N) is 1. The van der Waals surface area contributed by atoms with Gasteiger partial charge in [0.15, 0.2) is 0 Å². The van der Waals surface area contributed by atoms with E-state index in [4.69, 9.17) is 5.73 Å². The normalized spacial score (nSPS) is 12.4. The van der Waals surface area contributed by atoms with Crippen LogP contribution in [0.5, 0.6) is 0 Å². The van der Waals surface area contributed by atoms with Crippen molar-refractivity contribution in [2.45, 2.75) is 39.7 Å². The van der Waals surface area contributed by atoms with Crippen molar-refractivity contribution in [3.8, 4) is 11.1 Å². The summed E-state index contributed by atoms with van der Waals surface area (Å²) in [4.78, 5) is 30.2. The highest BCUT2D eigenvalue weighted by Gasteiger charge is 2.22. The van der Waals surface area contributed by atoms with Crippen LogP contribution >= 0.6 is 11.3 Å². The minimum Gasteiger partial charge on any atom is -0.368 e. The maximum atomic E-state index is 13.2. The van der Waals surface area contributed by atoms with Crippen molar-refractivity contribution in [2.75, 3.05) is 0 Å². The largest absolute Gasteiger partial charge is 0.368 e. The molecule has 1 atom stereocenters. The number of fused-ring (bicyclic) bond motifs is 1. The van der Waals surface area contributed by atoms with E-state index in [1.54, 1.807) is 6.92 Å². The molecule has 0 fully saturated rings. The van der Waals surface area contributed by atoms with Gasteiger partial charge in [0.25, 0.3) is 5.56 Å². The van der Waals surface area contributed by atoms with Crippen LogP contribution in [0.25, 0.3) is 21.3 Å². The Hall–Kier alpha value is -2.47. The van der Waals surface area contributed by atoms with E-state index in [-0.39, 0.29) is 5.56 Å². The molecule has 0 aliphatic carbocycles. The van der Waals surface area contributed by atoms with E-state index in [1.807, 2.05) is 24.4 Å². The third kappa shape index (κ3) is 2.98. The predicted molar refractivity (Wildman–Crippen MR) is 102 cm³/mol. The zero-order chi connectivity index (χ0) is 18.1. The summed E-state index contributed by atoms with van der Waals surface area (Å²) in [6.45, 7) is 5.68. The van der Waals surface area contributed by atoms with Crippen LogP contribution in [-0.4, -0.2) is 15.5 Å². The van der Waals surface area contributed by atoms with Gasteiger partial charge in [-0.3, -0.25) is 14.2 Å². The van der Waals surface area contributed by atoms with Crippen LogP contribution in [0.2, 0.25) is 0 Å². The van der Waals surface area contributed by atoms with Gasteiger partial charge >= 0.3 is 0 Å². The molecule has 0 radical (unpaired) electrons. The molecular formula is C19H21N3O2S. The lowest BCUT2D eigenvalue weighted by Gasteiger charge is -2.17. The SMILES string of the molecule is CCc1ccc(-c2csc3nc(C)n(C(CC)C(N)=O)c(=O)c23)cc1. The number of carbonyl (C=O) groups excluding carboxylic acids is 1. The second-order valence-electron chi connectivity index (χ2n) is 6.04. The van der Waals surface area contributed by atoms with Crippen molar-refractivity contribution >= 4 is 27.5 Å². The number of benzene rings is 1. The summed E-state index contributed by atoms with van der Waals surface area (Å²) in [7, 11) is 0. The average molecular weight is 355 g/mol. The van der Waals surface area contributed by atoms with E-state index < -0.39 is 11.9 Å². The van der Waals surface area contributed by atoms with Gasteiger partial charge < -0.3 is 5.73 Å². The van der Waals surface area contributed by atoms with Crippen molar-refractivity contribution in [1.29, 1.82) is 0 Å². The van der Waals surface area contributed by atoms with Crippen LogP contribution in [0.3, 0.4) is 0 Å². The number of hydrogen-bond acceptors (Lipinski definition) is 4. The van der Waals surface area contributed by atoms with Crippen LogP contribution in [0.15, 0.2) is 34.4 Å². The van der Waals surface area contributed by atoms with Gasteiger partial charge in [0.2, 0.25) is 5.91 Å². The fourth-order valence-corrected chi connectivity index (χ4v) is 4.10. The molecule has 2 aromatic heterocycles. The number of hydrogen-bond donors (Lipinski definition) is 1. The standard InChI is InChI=1S/C19H21N3O2S/c1-4-12-6-8-13(9-7-12)14-10-25-18-16(14)19(24)22(11(3)21-18)15(5-2)17(20)23/h6-10,15H,4-5H2,1-3H3,(H2,20,23). The maximum absolute atomic E-state index is 13.2. The molecule has 2 N–H and O–H groups in total. The summed E-state index contributed by atoms with van der Waals surface area (Å²) in [6, 6.07) is 7.50. The van der Waals surface area contributed by atoms with Gasteiger partial charge in [-0.25, -0.2) is 4.98 Å². The van der Waals surface area contributed by atoms with E-state index in [0.29, 0.717) is 22.5 Å². The number of thiophene rings is 1. The summed E-state index contributed by atoms with van der Waals surface area (Å²) in [5.41, 5.74) is 8.37. The molecule has 0 aliphatic rings. The molecule has 3 aromatic rings. The number of carbonyl (C=O) groups is 1. The molecule has 1 unspecified atom stereocenters. The number of aryl methyl sites for hydroxylation is 2. The van der Waals surface area contributed by atoms with Gasteiger partial charge in [-0.2, -0.15) is 0 Å². The first kappa shape index (κ1) is 17.4. The van der Waals surface area contributed by atoms with E-state index in [1.165, 1.54) is 21.5 Å². The van der Waals surface area contributed by atoms with E-state index in [9.17, 15) is 9.59 Å². The first-order chi connectivity index (χ1) is 12.0. The maximum Gasteiger partial charge on any atom is 0.263 e. The second kappa shape index (κ2) is 6.80. The lowest BCUT2D eigenvalue weighted by Crippen LogP contribution is -2.35. The van der Waals surface area contributed by atoms with Crippen LogP contribution in [0.4, 0.5) is 0 Å². The third-order valence-electron chi connectivity index (χ3n) is 4.52. The average Bonchev–Trinajstić information content (AvgIpc) is 3.02. The van der Waals surface area contributed by atoms with Crippen molar-refractivity contribution in [2.24, 2.45) is 5.73 Å². The molecule has 25 heavy (non-hydrogen) atoms. The van der Waals surface area contributed by atoms with Gasteiger partial charge in [-0.1, -0.05) is 38.1 Å². The number of rotatable bonds is 5. The number of nitrogens with zero attached hydrogens (tertiary/aromatic N) is 2. The molecular weight excluding hydrogens is 334 g/mol. The lowest BCUT2D eigenvalue weighted by molar-refractivity contribution is -0.121. The highest BCUT2D eigenvalue weighted by molar-refractivity contribution is 7.17. The quantitative estimate of drug-likeness (QED) is 0.761. The Morgan fingerprint density at radius 3 is 2.52 bits per heavy atom. The van der Waals surface area contributed by atoms with Crippen molar-refractivity contribution in [3.05, 3.63) is 51.4 Å². The fraction of sp³-hybridized carbons (Fsp3) is 0.316. The van der Waals surface area contributed by atoms with E-state index in [0.717, 1.165) is 17.5 Å². The summed E-state index contributed by atoms with van der Waals surface area (Å²) >= 11 is 1.44. The Balaban J connectivity index is 2.26. The topological polar surface area (TPSA) is 78.0 Å². The highest BCUT2D eigenvalue weighted by atomic mass is 32.1. The van der Waals surface area contributed by atoms with Crippen LogP contribution in [-0.2, 0) is 11.2 Å². The highest BCUT2D eigenvalue weighted by Crippen LogP contribution is 2.31. The zero-order valence-electron chi connectivity index (χ0n) is 14.6. The van der Waals surface area contributed by atoms with Crippen molar-refractivity contribution in [3.63, 3.8) is 0 Å². The Bertz CT molecular complexity index is 986. The predicted octanol–water partition coefficient (Wildman–Crippen LogP) is 3.43. The minimum absolute atomic E-state index is 0.205. The molecule has 6 heteroatoms. The molecule has 1 aromatic carbocycles. The first-order valence-corrected chi connectivity index (χ1v) is 9.24. The van der Waals surface area contributed by atoms with Gasteiger partial charge in [-0.05, 0) is 30.9 Å². The Labute approximate surface area is 150 Å². The van der Waals surface area contributed by atoms with Gasteiger partial charge in [-0.15, -0.1) is 11.3 Å². The molecule has 1 amide bonds. The summed E-state index contributed by atoms with van der Waals surface area (Å²) in [5, 5.41) is 2.51. The Morgan fingerprint density at radius 2 is 1.96 bits per heavy atom. The van der Waals surface area contributed by atoms with Crippen LogP contribution in [0, 0.1) is 6.92 Å². The second-order valence-corrected chi connectivity index (χ2v) is 6.90. The molecule has 0 saturated heterocycles. The fourth-order valence-electron chi connectivity index (χ4n) is 3.12. The minimum atomic E-state index is -0.681. The number of primary amides is 1. The van der Waals surface area contributed by atoms with Crippen LogP contribution in [0.1, 0.15) is 37.7 Å². The summed E-state index contributed by atoms with van der Waals surface area (Å²) in [5.74, 6) is -0.00388. The Kier molecular flexibility index (Phi) is 4.72. The number of amides is 1. The molecule has 0 bridgehead atoms. The zero-order valence-corrected chi connectivity index (χ0v) is 15.4. The van der Waals surface area contributed by atoms with Gasteiger partial charge in [0.1, 0.15) is 16.7 Å².